The van der Waals surface area contributed by atoms with Crippen LogP contribution in [0, 0.1) is 5.92 Å². The van der Waals surface area contributed by atoms with Crippen LogP contribution in [0.4, 0.5) is 25.9 Å². The van der Waals surface area contributed by atoms with Gasteiger partial charge < -0.3 is 51.1 Å². The number of hydrogen-bond acceptors (Lipinski definition) is 13. The molecule has 1 aliphatic heterocycles. The Morgan fingerprint density at radius 3 is 2.20 bits per heavy atom. The number of primary amides is 1. The first-order valence-electron chi connectivity index (χ1n) is 23.7. The number of amides is 9. The van der Waals surface area contributed by atoms with E-state index < -0.39 is 71.4 Å². The number of ether oxygens (including phenoxy) is 3. The molecule has 22 nitrogen and oxygen atoms in total. The Morgan fingerprint density at radius 2 is 1.52 bits per heavy atom. The molecule has 0 spiro atoms. The van der Waals surface area contributed by atoms with E-state index in [1.54, 1.807) is 58.9 Å². The number of rotatable bonds is 25. The number of carbonyl (C=O) groups is 8. The zero-order valence-electron chi connectivity index (χ0n) is 41.1. The molecule has 5 rings (SSSR count). The number of para-hydroxylation sites is 1. The minimum Gasteiger partial charge on any atom is -0.444 e. The summed E-state index contributed by atoms with van der Waals surface area (Å²) >= 11 is 0. The van der Waals surface area contributed by atoms with E-state index in [0.717, 1.165) is 46.6 Å². The second-order valence-corrected chi connectivity index (χ2v) is 18.1. The van der Waals surface area contributed by atoms with Crippen LogP contribution in [0.1, 0.15) is 85.0 Å². The van der Waals surface area contributed by atoms with E-state index in [1.165, 1.54) is 0 Å². The molecule has 0 saturated carbocycles. The number of nitrogens with one attached hydrogen (secondary N) is 6. The number of imide groups is 1. The summed E-state index contributed by atoms with van der Waals surface area (Å²) in [4.78, 5) is 111. The summed E-state index contributed by atoms with van der Waals surface area (Å²) in [6.45, 7) is 12.0. The minimum atomic E-state index is -1.11. The number of unbranched alkanes of at least 4 members (excludes halogenated alkanes) is 1. The number of nitrogens with two attached hydrogens (primary N) is 1. The van der Waals surface area contributed by atoms with E-state index in [2.05, 4.69) is 43.4 Å². The van der Waals surface area contributed by atoms with Gasteiger partial charge in [0.25, 0.3) is 11.8 Å². The third-order valence-corrected chi connectivity index (χ3v) is 10.9. The monoisotopic (exact) mass is 983 g/mol. The Labute approximate surface area is 411 Å². The molecule has 2 atom stereocenters. The van der Waals surface area contributed by atoms with Crippen molar-refractivity contribution in [2.24, 2.45) is 11.7 Å². The van der Waals surface area contributed by atoms with Gasteiger partial charge in [0.2, 0.25) is 17.7 Å². The third kappa shape index (κ3) is 16.5. The molecule has 8 N–H and O–H groups in total. The minimum absolute atomic E-state index is 0.0908. The van der Waals surface area contributed by atoms with Gasteiger partial charge in [-0.1, -0.05) is 57.5 Å². The predicted octanol–water partition coefficient (Wildman–Crippen LogP) is 4.54. The van der Waals surface area contributed by atoms with Crippen molar-refractivity contribution in [3.05, 3.63) is 72.1 Å². The fourth-order valence-electron chi connectivity index (χ4n) is 7.42. The van der Waals surface area contributed by atoms with E-state index >= 15 is 0 Å². The van der Waals surface area contributed by atoms with Crippen LogP contribution in [0.25, 0.3) is 21.9 Å². The van der Waals surface area contributed by atoms with Crippen molar-refractivity contribution in [1.29, 1.82) is 0 Å². The van der Waals surface area contributed by atoms with E-state index in [9.17, 15) is 38.4 Å². The number of aromatic nitrogens is 3. The molecule has 2 aromatic carbocycles. The average molecular weight is 984 g/mol. The molecule has 0 aliphatic carbocycles. The van der Waals surface area contributed by atoms with Gasteiger partial charge in [0.15, 0.2) is 5.82 Å². The number of carbonyl (C=O) groups excluding carboxylic acids is 8. The van der Waals surface area contributed by atoms with Gasteiger partial charge in [-0.15, -0.1) is 0 Å². The highest BCUT2D eigenvalue weighted by molar-refractivity contribution is 6.13. The van der Waals surface area contributed by atoms with Crippen molar-refractivity contribution in [3.8, 4) is 0 Å². The second-order valence-electron chi connectivity index (χ2n) is 18.1. The number of aryl methyl sites for hydroxylation is 1. The Morgan fingerprint density at radius 1 is 0.803 bits per heavy atom. The Bertz CT molecular complexity index is 2570. The van der Waals surface area contributed by atoms with Crippen LogP contribution in [0.15, 0.2) is 60.7 Å². The number of urea groups is 1. The number of pyridine rings is 1. The summed E-state index contributed by atoms with van der Waals surface area (Å²) in [7, 11) is 0. The van der Waals surface area contributed by atoms with Crippen molar-refractivity contribution in [2.45, 2.75) is 111 Å². The predicted molar refractivity (Wildman–Crippen MR) is 264 cm³/mol. The van der Waals surface area contributed by atoms with Gasteiger partial charge in [0.1, 0.15) is 35.6 Å². The smallest absolute Gasteiger partial charge is 0.413 e. The fourth-order valence-corrected chi connectivity index (χ4v) is 7.42. The first-order valence-corrected chi connectivity index (χ1v) is 23.7. The maximum Gasteiger partial charge on any atom is 0.413 e. The number of alkyl carbamates (subject to hydrolysis) is 1. The lowest BCUT2D eigenvalue weighted by Crippen LogP contribution is -2.54. The van der Waals surface area contributed by atoms with Gasteiger partial charge in [0, 0.05) is 62.2 Å². The van der Waals surface area contributed by atoms with Crippen molar-refractivity contribution in [2.75, 3.05) is 43.5 Å². The Balaban J connectivity index is 1.21. The largest absolute Gasteiger partial charge is 0.444 e. The van der Waals surface area contributed by atoms with Crippen LogP contribution in [-0.2, 0) is 57.8 Å². The van der Waals surface area contributed by atoms with Gasteiger partial charge in [-0.05, 0) is 69.7 Å². The quantitative estimate of drug-likeness (QED) is 0.0355. The molecule has 0 fully saturated rings. The third-order valence-electron chi connectivity index (χ3n) is 10.9. The van der Waals surface area contributed by atoms with Crippen LogP contribution in [0.3, 0.4) is 0 Å². The zero-order chi connectivity index (χ0) is 51.7. The normalized spacial score (nSPS) is 13.3. The van der Waals surface area contributed by atoms with Gasteiger partial charge in [-0.2, -0.15) is 0 Å². The maximum absolute atomic E-state index is 13.7. The van der Waals surface area contributed by atoms with Crippen molar-refractivity contribution < 1.29 is 52.6 Å². The summed E-state index contributed by atoms with van der Waals surface area (Å²) in [6.07, 6.45) is 3.55. The first kappa shape index (κ1) is 54.3. The lowest BCUT2D eigenvalue weighted by molar-refractivity contribution is -0.137. The zero-order valence-corrected chi connectivity index (χ0v) is 41.1. The van der Waals surface area contributed by atoms with Crippen molar-refractivity contribution in [3.63, 3.8) is 0 Å². The Kier molecular flexibility index (Phi) is 19.8. The van der Waals surface area contributed by atoms with Crippen LogP contribution in [0.5, 0.6) is 0 Å². The molecule has 2 aromatic heterocycles. The number of fused-ring (bicyclic) bond motifs is 3. The average Bonchev–Trinajstić information content (AvgIpc) is 3.85. The van der Waals surface area contributed by atoms with E-state index in [4.69, 9.17) is 29.9 Å². The fraction of sp³-hybridized carbons (Fsp3) is 0.469. The number of imidazole rings is 1. The highest BCUT2D eigenvalue weighted by atomic mass is 16.6. The van der Waals surface area contributed by atoms with Crippen LogP contribution >= 0.6 is 0 Å². The number of nitrogens with zero attached hydrogens (tertiary/aromatic N) is 4. The van der Waals surface area contributed by atoms with E-state index in [1.807, 2.05) is 24.3 Å². The lowest BCUT2D eigenvalue weighted by atomic mass is 10.0. The van der Waals surface area contributed by atoms with Crippen LogP contribution in [0.2, 0.25) is 0 Å². The molecule has 71 heavy (non-hydrogen) atoms. The van der Waals surface area contributed by atoms with Crippen molar-refractivity contribution >= 4 is 81.2 Å². The standard InChI is InChI=1S/C49H65N11O11/c1-7-8-15-36-56-41-42(59(36)26-28-69-27-24-52-47(67)71-49(4,5)6)33-12-9-10-13-34(33)54-43(41)58-48(68)70-29-31-16-18-32(19-17-31)53-44(64)35(14-11-23-51-46(50)66)55-45(65)40(30(2)3)57-37(61)22-25-60-38(62)20-21-39(60)63/h9-10,12-13,16-21,30,35,40H,7-8,11,14-15,22-29H2,1-6H3,(H,52,67)(H,53,64)(H,55,65)(H,57,61)(H3,50,51,66)(H,54,58,68)/t35-,40?/m1/s1. The molecule has 22 heteroatoms. The van der Waals surface area contributed by atoms with Gasteiger partial charge >= 0.3 is 18.2 Å². The summed E-state index contributed by atoms with van der Waals surface area (Å²) in [5, 5.41) is 16.9. The molecule has 0 radical (unpaired) electrons. The molecule has 9 amide bonds. The molecule has 0 bridgehead atoms. The number of anilines is 2. The molecule has 3 heterocycles. The second kappa shape index (κ2) is 25.8. The van der Waals surface area contributed by atoms with E-state index in [0.29, 0.717) is 41.9 Å². The Hall–Kier alpha value is -7.62. The molecule has 382 valence electrons. The van der Waals surface area contributed by atoms with Gasteiger partial charge in [0.05, 0.1) is 24.2 Å². The molecular formula is C49H65N11O11. The topological polar surface area (TPSA) is 296 Å². The van der Waals surface area contributed by atoms with Gasteiger partial charge in [-0.3, -0.25) is 34.2 Å². The summed E-state index contributed by atoms with van der Waals surface area (Å²) in [5.74, 6) is -2.25. The molecule has 1 unspecified atom stereocenters. The van der Waals surface area contributed by atoms with Crippen LogP contribution < -0.4 is 37.6 Å². The van der Waals surface area contributed by atoms with E-state index in [-0.39, 0.29) is 57.9 Å². The number of benzene rings is 2. The molecule has 4 aromatic rings. The van der Waals surface area contributed by atoms with Crippen LogP contribution in [-0.4, -0.2) is 118 Å². The lowest BCUT2D eigenvalue weighted by Gasteiger charge is -2.25. The first-order chi connectivity index (χ1) is 33.8. The SMILES string of the molecule is CCCCc1nc2c(NC(=O)OCc3ccc(NC(=O)[C@@H](CCCNC(N)=O)NC(=O)C(NC(=O)CCN4C(=O)C=CC4=O)C(C)C)cc3)nc3ccccc3c2n1CCOCCNC(=O)OC(C)(C)C. The highest BCUT2D eigenvalue weighted by Crippen LogP contribution is 2.31. The molecule has 1 aliphatic rings. The maximum atomic E-state index is 13.7. The molecular weight excluding hydrogens is 919 g/mol. The summed E-state index contributed by atoms with van der Waals surface area (Å²) in [5.41, 5.74) is 7.45. The van der Waals surface area contributed by atoms with Crippen molar-refractivity contribution in [1.82, 2.24) is 40.7 Å². The summed E-state index contributed by atoms with van der Waals surface area (Å²) in [6, 6.07) is 11.2. The number of hydrogen-bond donors (Lipinski definition) is 7. The van der Waals surface area contributed by atoms with Gasteiger partial charge in [-0.25, -0.2) is 24.4 Å². The molecule has 0 saturated heterocycles. The summed E-state index contributed by atoms with van der Waals surface area (Å²) < 4.78 is 18.9. The highest BCUT2D eigenvalue weighted by Gasteiger charge is 2.30.